The number of hydrogen-bond acceptors (Lipinski definition) is 2. The molecule has 2 aromatic rings. The Labute approximate surface area is 152 Å². The first kappa shape index (κ1) is 17.5. The van der Waals surface area contributed by atoms with E-state index in [1.165, 1.54) is 16.7 Å². The van der Waals surface area contributed by atoms with E-state index in [4.69, 9.17) is 11.6 Å². The summed E-state index contributed by atoms with van der Waals surface area (Å²) in [5.74, 6) is 0. The van der Waals surface area contributed by atoms with Gasteiger partial charge in [-0.25, -0.2) is 0 Å². The summed E-state index contributed by atoms with van der Waals surface area (Å²) < 4.78 is 2.25. The van der Waals surface area contributed by atoms with Gasteiger partial charge in [-0.05, 0) is 93.1 Å². The average molecular weight is 452 g/mol. The molecular formula is C16H18Br2ClNS. The molecule has 0 aliphatic heterocycles. The van der Waals surface area contributed by atoms with E-state index in [-0.39, 0.29) is 6.04 Å². The molecule has 5 heteroatoms. The van der Waals surface area contributed by atoms with Crippen molar-refractivity contribution in [3.63, 3.8) is 0 Å². The van der Waals surface area contributed by atoms with Crippen LogP contribution in [0.25, 0.3) is 0 Å². The minimum atomic E-state index is 0.105. The zero-order valence-corrected chi connectivity index (χ0v) is 17.0. The van der Waals surface area contributed by atoms with E-state index in [0.717, 1.165) is 31.1 Å². The molecule has 0 bridgehead atoms. The molecule has 0 radical (unpaired) electrons. The summed E-state index contributed by atoms with van der Waals surface area (Å²) in [7, 11) is 0. The first-order valence-corrected chi connectivity index (χ1v) is 9.66. The molecule has 1 unspecified atom stereocenters. The van der Waals surface area contributed by atoms with Crippen LogP contribution in [0.15, 0.2) is 25.8 Å². The zero-order chi connectivity index (χ0) is 15.6. The zero-order valence-electron chi connectivity index (χ0n) is 12.3. The lowest BCUT2D eigenvalue weighted by Gasteiger charge is -2.21. The van der Waals surface area contributed by atoms with Crippen molar-refractivity contribution in [1.29, 1.82) is 0 Å². The molecule has 0 saturated heterocycles. The van der Waals surface area contributed by atoms with E-state index >= 15 is 0 Å². The molecule has 2 rings (SSSR count). The van der Waals surface area contributed by atoms with Gasteiger partial charge < -0.3 is 5.32 Å². The Morgan fingerprint density at radius 1 is 1.14 bits per heavy atom. The number of benzene rings is 1. The van der Waals surface area contributed by atoms with Crippen molar-refractivity contribution < 1.29 is 0 Å². The number of nitrogens with one attached hydrogen (secondary N) is 1. The van der Waals surface area contributed by atoms with Crippen LogP contribution in [0.4, 0.5) is 0 Å². The van der Waals surface area contributed by atoms with E-state index in [2.05, 4.69) is 76.1 Å². The minimum Gasteiger partial charge on any atom is -0.306 e. The van der Waals surface area contributed by atoms with Crippen LogP contribution in [0.2, 0.25) is 5.02 Å². The lowest BCUT2D eigenvalue weighted by molar-refractivity contribution is 0.598. The largest absolute Gasteiger partial charge is 0.306 e. The normalized spacial score (nSPS) is 12.7. The molecule has 1 N–H and O–H groups in total. The van der Waals surface area contributed by atoms with Crippen molar-refractivity contribution in [3.8, 4) is 0 Å². The molecule has 0 spiro atoms. The molecule has 0 aliphatic rings. The van der Waals surface area contributed by atoms with Gasteiger partial charge in [-0.3, -0.25) is 0 Å². The third-order valence-electron chi connectivity index (χ3n) is 3.52. The highest BCUT2D eigenvalue weighted by atomic mass is 79.9. The third-order valence-corrected chi connectivity index (χ3v) is 6.23. The Morgan fingerprint density at radius 3 is 2.38 bits per heavy atom. The number of hydrogen-bond donors (Lipinski definition) is 1. The molecule has 114 valence electrons. The monoisotopic (exact) mass is 449 g/mol. The fourth-order valence-electron chi connectivity index (χ4n) is 2.25. The van der Waals surface area contributed by atoms with Gasteiger partial charge in [0.25, 0.3) is 0 Å². The second-order valence-electron chi connectivity index (χ2n) is 5.12. The minimum absolute atomic E-state index is 0.105. The van der Waals surface area contributed by atoms with E-state index in [0.29, 0.717) is 0 Å². The topological polar surface area (TPSA) is 12.0 Å². The number of aryl methyl sites for hydroxylation is 2. The van der Waals surface area contributed by atoms with Crippen LogP contribution in [-0.2, 0) is 0 Å². The van der Waals surface area contributed by atoms with Crippen LogP contribution < -0.4 is 5.32 Å². The Balaban J connectivity index is 2.50. The standard InChI is InChI=1S/C16H18Br2ClNS/c1-4-5-20-15(12-8-14(17)21-16(12)18)11-6-9(2)10(3)7-13(11)19/h6-8,15,20H,4-5H2,1-3H3. The molecule has 0 aliphatic carbocycles. The van der Waals surface area contributed by atoms with Gasteiger partial charge in [-0.1, -0.05) is 24.6 Å². The van der Waals surface area contributed by atoms with E-state index in [1.807, 2.05) is 0 Å². The van der Waals surface area contributed by atoms with Crippen molar-refractivity contribution in [3.05, 3.63) is 53.0 Å². The van der Waals surface area contributed by atoms with Crippen molar-refractivity contribution in [2.45, 2.75) is 33.2 Å². The molecular weight excluding hydrogens is 434 g/mol. The van der Waals surface area contributed by atoms with Crippen molar-refractivity contribution in [1.82, 2.24) is 5.32 Å². The molecule has 1 nitrogen and oxygen atoms in total. The second kappa shape index (κ2) is 7.60. The summed E-state index contributed by atoms with van der Waals surface area (Å²) in [6.07, 6.45) is 1.09. The molecule has 0 fully saturated rings. The Kier molecular flexibility index (Phi) is 6.33. The maximum absolute atomic E-state index is 6.52. The highest BCUT2D eigenvalue weighted by molar-refractivity contribution is 9.12. The maximum atomic E-state index is 6.52. The van der Waals surface area contributed by atoms with Gasteiger partial charge in [0.05, 0.1) is 13.6 Å². The Hall–Kier alpha value is 0.130. The van der Waals surface area contributed by atoms with Gasteiger partial charge in [0.15, 0.2) is 0 Å². The number of thiophene rings is 1. The van der Waals surface area contributed by atoms with Crippen molar-refractivity contribution in [2.24, 2.45) is 0 Å². The van der Waals surface area contributed by atoms with Crippen molar-refractivity contribution >= 4 is 54.8 Å². The molecule has 1 aromatic carbocycles. The summed E-state index contributed by atoms with van der Waals surface area (Å²) in [6, 6.07) is 6.52. The highest BCUT2D eigenvalue weighted by Crippen LogP contribution is 2.40. The lowest BCUT2D eigenvalue weighted by Crippen LogP contribution is -2.23. The summed E-state index contributed by atoms with van der Waals surface area (Å²) in [4.78, 5) is 0. The van der Waals surface area contributed by atoms with Crippen LogP contribution >= 0.6 is 54.8 Å². The second-order valence-corrected chi connectivity index (χ2v) is 9.28. The summed E-state index contributed by atoms with van der Waals surface area (Å²) >= 11 is 15.4. The van der Waals surface area contributed by atoms with E-state index < -0.39 is 0 Å². The van der Waals surface area contributed by atoms with Crippen LogP contribution in [0.5, 0.6) is 0 Å². The Morgan fingerprint density at radius 2 is 1.81 bits per heavy atom. The van der Waals surface area contributed by atoms with Gasteiger partial charge in [-0.15, -0.1) is 11.3 Å². The highest BCUT2D eigenvalue weighted by Gasteiger charge is 2.21. The van der Waals surface area contributed by atoms with Gasteiger partial charge in [0, 0.05) is 5.02 Å². The SMILES string of the molecule is CCCNC(c1cc(C)c(C)cc1Cl)c1cc(Br)sc1Br. The van der Waals surface area contributed by atoms with Gasteiger partial charge in [-0.2, -0.15) is 0 Å². The van der Waals surface area contributed by atoms with Gasteiger partial charge in [0.1, 0.15) is 0 Å². The average Bonchev–Trinajstić information content (AvgIpc) is 2.75. The molecule has 1 heterocycles. The van der Waals surface area contributed by atoms with Crippen molar-refractivity contribution in [2.75, 3.05) is 6.54 Å². The molecule has 1 aromatic heterocycles. The quantitative estimate of drug-likeness (QED) is 0.538. The number of rotatable bonds is 5. The molecule has 0 amide bonds. The lowest BCUT2D eigenvalue weighted by atomic mass is 9.97. The predicted octanol–water partition coefficient (Wildman–Crippen LogP) is 6.63. The maximum Gasteiger partial charge on any atom is 0.0761 e. The summed E-state index contributed by atoms with van der Waals surface area (Å²) in [6.45, 7) is 7.35. The van der Waals surface area contributed by atoms with Crippen LogP contribution in [0, 0.1) is 13.8 Å². The van der Waals surface area contributed by atoms with Crippen LogP contribution in [0.1, 0.15) is 41.6 Å². The molecule has 1 atom stereocenters. The first-order chi connectivity index (χ1) is 9.93. The fraction of sp³-hybridized carbons (Fsp3) is 0.375. The first-order valence-electron chi connectivity index (χ1n) is 6.88. The van der Waals surface area contributed by atoms with E-state index in [1.54, 1.807) is 11.3 Å². The molecule has 0 saturated carbocycles. The third kappa shape index (κ3) is 4.11. The predicted molar refractivity (Wildman–Crippen MR) is 101 cm³/mol. The summed E-state index contributed by atoms with van der Waals surface area (Å²) in [5, 5.41) is 4.44. The van der Waals surface area contributed by atoms with Gasteiger partial charge in [0.2, 0.25) is 0 Å². The smallest absolute Gasteiger partial charge is 0.0761 e. The van der Waals surface area contributed by atoms with E-state index in [9.17, 15) is 0 Å². The molecule has 21 heavy (non-hydrogen) atoms. The van der Waals surface area contributed by atoms with Crippen LogP contribution in [0.3, 0.4) is 0 Å². The van der Waals surface area contributed by atoms with Crippen LogP contribution in [-0.4, -0.2) is 6.54 Å². The number of halogens is 3. The summed E-state index contributed by atoms with van der Waals surface area (Å²) in [5.41, 5.74) is 4.86. The van der Waals surface area contributed by atoms with Gasteiger partial charge >= 0.3 is 0 Å². The fourth-order valence-corrected chi connectivity index (χ4v) is 5.48. The Bertz CT molecular complexity index is 639.